The van der Waals surface area contributed by atoms with Crippen LogP contribution in [0.25, 0.3) is 0 Å². The molecular formula is C11H11ClO5. The predicted octanol–water partition coefficient (Wildman–Crippen LogP) is 1.89. The Labute approximate surface area is 103 Å². The minimum absolute atomic E-state index is 0.206. The Bertz CT molecular complexity index is 418. The Hall–Kier alpha value is -1.75. The van der Waals surface area contributed by atoms with Gasteiger partial charge in [0.15, 0.2) is 0 Å². The van der Waals surface area contributed by atoms with Crippen LogP contribution in [0.4, 0.5) is 0 Å². The third kappa shape index (κ3) is 4.74. The second-order valence-electron chi connectivity index (χ2n) is 3.40. The number of hydrogen-bond acceptors (Lipinski definition) is 3. The summed E-state index contributed by atoms with van der Waals surface area (Å²) in [5.41, 5.74) is 0. The predicted molar refractivity (Wildman–Crippen MR) is 60.3 cm³/mol. The number of hydrogen-bond donors (Lipinski definition) is 2. The van der Waals surface area contributed by atoms with Gasteiger partial charge < -0.3 is 14.9 Å². The summed E-state index contributed by atoms with van der Waals surface area (Å²) < 4.78 is 5.18. The van der Waals surface area contributed by atoms with Crippen molar-refractivity contribution in [2.24, 2.45) is 5.92 Å². The highest BCUT2D eigenvalue weighted by atomic mass is 35.5. The summed E-state index contributed by atoms with van der Waals surface area (Å²) in [7, 11) is 0. The van der Waals surface area contributed by atoms with E-state index >= 15 is 0 Å². The largest absolute Gasteiger partial charge is 0.493 e. The van der Waals surface area contributed by atoms with Crippen LogP contribution in [-0.4, -0.2) is 28.8 Å². The monoisotopic (exact) mass is 258 g/mol. The average Bonchev–Trinajstić information content (AvgIpc) is 2.23. The van der Waals surface area contributed by atoms with Crippen molar-refractivity contribution in [3.63, 3.8) is 0 Å². The fourth-order valence-electron chi connectivity index (χ4n) is 1.18. The number of aliphatic carboxylic acids is 2. The van der Waals surface area contributed by atoms with Crippen LogP contribution in [-0.2, 0) is 9.59 Å². The molecule has 0 aliphatic heterocycles. The van der Waals surface area contributed by atoms with Crippen molar-refractivity contribution in [3.05, 3.63) is 29.3 Å². The highest BCUT2D eigenvalue weighted by Gasteiger charge is 2.21. The Morgan fingerprint density at radius 1 is 1.35 bits per heavy atom. The molecule has 0 fully saturated rings. The Morgan fingerprint density at radius 2 is 2.06 bits per heavy atom. The van der Waals surface area contributed by atoms with E-state index in [1.165, 1.54) is 6.07 Å². The van der Waals surface area contributed by atoms with Crippen molar-refractivity contribution in [1.82, 2.24) is 0 Å². The first-order valence-electron chi connectivity index (χ1n) is 4.82. The molecule has 1 rings (SSSR count). The van der Waals surface area contributed by atoms with Crippen LogP contribution in [0.5, 0.6) is 5.75 Å². The number of carboxylic acid groups (broad SMARTS) is 2. The lowest BCUT2D eigenvalue weighted by Gasteiger charge is -2.11. The molecule has 92 valence electrons. The number of rotatable bonds is 6. The lowest BCUT2D eigenvalue weighted by Crippen LogP contribution is -2.24. The van der Waals surface area contributed by atoms with Crippen LogP contribution in [0.1, 0.15) is 6.42 Å². The van der Waals surface area contributed by atoms with Gasteiger partial charge in [-0.3, -0.25) is 9.59 Å². The highest BCUT2D eigenvalue weighted by Crippen LogP contribution is 2.18. The van der Waals surface area contributed by atoms with E-state index in [4.69, 9.17) is 26.6 Å². The summed E-state index contributed by atoms with van der Waals surface area (Å²) in [5.74, 6) is -3.04. The van der Waals surface area contributed by atoms with Crippen LogP contribution < -0.4 is 4.74 Å². The summed E-state index contributed by atoms with van der Waals surface area (Å²) in [6.45, 7) is -0.206. The normalized spacial score (nSPS) is 11.8. The van der Waals surface area contributed by atoms with Gasteiger partial charge in [0.25, 0.3) is 0 Å². The van der Waals surface area contributed by atoms with E-state index in [1.807, 2.05) is 0 Å². The number of carboxylic acids is 2. The summed E-state index contributed by atoms with van der Waals surface area (Å²) >= 11 is 5.72. The van der Waals surface area contributed by atoms with E-state index in [-0.39, 0.29) is 6.61 Å². The molecule has 0 bridgehead atoms. The van der Waals surface area contributed by atoms with Crippen molar-refractivity contribution in [1.29, 1.82) is 0 Å². The van der Waals surface area contributed by atoms with Gasteiger partial charge in [-0.1, -0.05) is 17.7 Å². The molecule has 0 aromatic heterocycles. The molecule has 1 atom stereocenters. The van der Waals surface area contributed by atoms with Crippen LogP contribution >= 0.6 is 11.6 Å². The molecule has 17 heavy (non-hydrogen) atoms. The maximum atomic E-state index is 10.8. The molecule has 1 aromatic rings. The van der Waals surface area contributed by atoms with Gasteiger partial charge >= 0.3 is 11.9 Å². The zero-order chi connectivity index (χ0) is 12.8. The second kappa shape index (κ2) is 6.10. The van der Waals surface area contributed by atoms with Crippen molar-refractivity contribution >= 4 is 23.5 Å². The van der Waals surface area contributed by atoms with Gasteiger partial charge in [0, 0.05) is 5.02 Å². The molecule has 0 heterocycles. The minimum atomic E-state index is -1.20. The number of carbonyl (C=O) groups is 2. The van der Waals surface area contributed by atoms with Crippen molar-refractivity contribution in [2.75, 3.05) is 6.61 Å². The Balaban J connectivity index is 2.57. The van der Waals surface area contributed by atoms with Gasteiger partial charge in [0.05, 0.1) is 6.42 Å². The van der Waals surface area contributed by atoms with E-state index in [0.29, 0.717) is 10.8 Å². The van der Waals surface area contributed by atoms with E-state index in [9.17, 15) is 9.59 Å². The van der Waals surface area contributed by atoms with Crippen LogP contribution in [0.3, 0.4) is 0 Å². The summed E-state index contributed by atoms with van der Waals surface area (Å²) in [6.07, 6.45) is -0.476. The second-order valence-corrected chi connectivity index (χ2v) is 3.84. The molecule has 0 spiro atoms. The maximum Gasteiger partial charge on any atom is 0.310 e. The summed E-state index contributed by atoms with van der Waals surface area (Å²) in [4.78, 5) is 21.2. The third-order valence-corrected chi connectivity index (χ3v) is 2.25. The van der Waals surface area contributed by atoms with Crippen molar-refractivity contribution in [3.8, 4) is 5.75 Å². The third-order valence-electron chi connectivity index (χ3n) is 2.02. The zero-order valence-corrected chi connectivity index (χ0v) is 9.55. The minimum Gasteiger partial charge on any atom is -0.493 e. The lowest BCUT2D eigenvalue weighted by atomic mass is 10.1. The smallest absolute Gasteiger partial charge is 0.310 e. The molecule has 0 radical (unpaired) electrons. The molecule has 0 aliphatic rings. The maximum absolute atomic E-state index is 10.8. The molecule has 2 N–H and O–H groups in total. The fraction of sp³-hybridized carbons (Fsp3) is 0.273. The number of ether oxygens (including phenoxy) is 1. The SMILES string of the molecule is O=C(O)CC(COc1cccc(Cl)c1)C(=O)O. The number of benzene rings is 1. The zero-order valence-electron chi connectivity index (χ0n) is 8.80. The first-order valence-corrected chi connectivity index (χ1v) is 5.20. The molecule has 5 nitrogen and oxygen atoms in total. The van der Waals surface area contributed by atoms with Gasteiger partial charge in [-0.15, -0.1) is 0 Å². The van der Waals surface area contributed by atoms with Crippen LogP contribution in [0.2, 0.25) is 5.02 Å². The molecular weight excluding hydrogens is 248 g/mol. The van der Waals surface area contributed by atoms with Gasteiger partial charge in [0.1, 0.15) is 18.3 Å². The summed E-state index contributed by atoms with van der Waals surface area (Å²) in [6, 6.07) is 6.46. The number of halogens is 1. The quantitative estimate of drug-likeness (QED) is 0.814. The molecule has 6 heteroatoms. The first kappa shape index (κ1) is 13.3. The molecule has 0 amide bonds. The molecule has 0 saturated carbocycles. The molecule has 1 unspecified atom stereocenters. The van der Waals surface area contributed by atoms with Crippen molar-refractivity contribution in [2.45, 2.75) is 6.42 Å². The van der Waals surface area contributed by atoms with Crippen molar-refractivity contribution < 1.29 is 24.5 Å². The van der Waals surface area contributed by atoms with Gasteiger partial charge in [-0.25, -0.2) is 0 Å². The average molecular weight is 259 g/mol. The Morgan fingerprint density at radius 3 is 2.59 bits per heavy atom. The molecule has 1 aromatic carbocycles. The van der Waals surface area contributed by atoms with E-state index in [1.54, 1.807) is 18.2 Å². The highest BCUT2D eigenvalue weighted by molar-refractivity contribution is 6.30. The fourth-order valence-corrected chi connectivity index (χ4v) is 1.36. The molecule has 0 saturated heterocycles. The van der Waals surface area contributed by atoms with Crippen LogP contribution in [0.15, 0.2) is 24.3 Å². The van der Waals surface area contributed by atoms with Gasteiger partial charge in [0.2, 0.25) is 0 Å². The first-order chi connectivity index (χ1) is 7.99. The van der Waals surface area contributed by atoms with Gasteiger partial charge in [-0.05, 0) is 18.2 Å². The summed E-state index contributed by atoms with van der Waals surface area (Å²) in [5, 5.41) is 17.8. The Kier molecular flexibility index (Phi) is 4.78. The van der Waals surface area contributed by atoms with E-state index < -0.39 is 24.3 Å². The van der Waals surface area contributed by atoms with Gasteiger partial charge in [-0.2, -0.15) is 0 Å². The van der Waals surface area contributed by atoms with E-state index in [2.05, 4.69) is 0 Å². The van der Waals surface area contributed by atoms with E-state index in [0.717, 1.165) is 0 Å². The lowest BCUT2D eigenvalue weighted by molar-refractivity contribution is -0.149. The van der Waals surface area contributed by atoms with Crippen LogP contribution in [0, 0.1) is 5.92 Å². The standard InChI is InChI=1S/C11H11ClO5/c12-8-2-1-3-9(5-8)17-6-7(11(15)16)4-10(13)14/h1-3,5,7H,4,6H2,(H,13,14)(H,15,16). The molecule has 0 aliphatic carbocycles. The topological polar surface area (TPSA) is 83.8 Å².